The molecule has 3 atom stereocenters. The molecule has 3 unspecified atom stereocenters. The average molecular weight is 368 g/mol. The van der Waals surface area contributed by atoms with Crippen LogP contribution in [0.5, 0.6) is 0 Å². The molecule has 4 rings (SSSR count). The second-order valence-electron chi connectivity index (χ2n) is 7.03. The van der Waals surface area contributed by atoms with Gasteiger partial charge in [0.25, 0.3) is 0 Å². The summed E-state index contributed by atoms with van der Waals surface area (Å²) in [5.74, 6) is 1.72. The molecule has 1 aliphatic carbocycles. The van der Waals surface area contributed by atoms with Crippen molar-refractivity contribution in [1.29, 1.82) is 0 Å². The van der Waals surface area contributed by atoms with Gasteiger partial charge in [0.05, 0.1) is 6.04 Å². The largest absolute Gasteiger partial charge is 0.378 e. The van der Waals surface area contributed by atoms with Crippen LogP contribution in [0, 0.1) is 5.92 Å². The van der Waals surface area contributed by atoms with Crippen molar-refractivity contribution in [2.45, 2.75) is 38.1 Å². The van der Waals surface area contributed by atoms with E-state index in [0.29, 0.717) is 23.8 Å². The van der Waals surface area contributed by atoms with Gasteiger partial charge in [0.2, 0.25) is 0 Å². The van der Waals surface area contributed by atoms with Gasteiger partial charge in [-0.1, -0.05) is 66.2 Å². The van der Waals surface area contributed by atoms with Crippen molar-refractivity contribution >= 4 is 21.6 Å². The Morgan fingerprint density at radius 1 is 1.09 bits per heavy atom. The van der Waals surface area contributed by atoms with Gasteiger partial charge in [-0.2, -0.15) is 0 Å². The maximum absolute atomic E-state index is 3.80. The lowest BCUT2D eigenvalue weighted by molar-refractivity contribution is 0.425. The molecule has 0 aromatic heterocycles. The lowest BCUT2D eigenvalue weighted by Crippen LogP contribution is -2.29. The van der Waals surface area contributed by atoms with Gasteiger partial charge in [-0.05, 0) is 53.1 Å². The molecule has 1 N–H and O–H groups in total. The smallest absolute Gasteiger partial charge is 0.0553 e. The number of rotatable bonds is 2. The third-order valence-corrected chi connectivity index (χ3v) is 5.78. The first-order valence-corrected chi connectivity index (χ1v) is 9.25. The summed E-state index contributed by atoms with van der Waals surface area (Å²) in [4.78, 5) is 0. The zero-order valence-corrected chi connectivity index (χ0v) is 15.2. The number of hydrogen-bond donors (Lipinski definition) is 1. The highest BCUT2D eigenvalue weighted by atomic mass is 79.9. The van der Waals surface area contributed by atoms with Crippen molar-refractivity contribution in [3.8, 4) is 0 Å². The summed E-state index contributed by atoms with van der Waals surface area (Å²) in [6.45, 7) is 4.50. The number of nitrogens with one attached hydrogen (secondary N) is 1. The van der Waals surface area contributed by atoms with E-state index in [4.69, 9.17) is 0 Å². The third kappa shape index (κ3) is 2.63. The summed E-state index contributed by atoms with van der Waals surface area (Å²) in [5, 5.41) is 3.80. The predicted octanol–water partition coefficient (Wildman–Crippen LogP) is 6.40. The first-order chi connectivity index (χ1) is 11.1. The summed E-state index contributed by atoms with van der Waals surface area (Å²) < 4.78 is 1.16. The standard InChI is InChI=1S/C21H22BrN/c1-13(2)14-6-8-15(9-7-14)21-18-5-3-4-17(18)19-12-16(22)10-11-20(19)23-21/h3-4,6-13,17-18,21,23H,5H2,1-2H3. The van der Waals surface area contributed by atoms with Crippen LogP contribution in [0.1, 0.15) is 54.8 Å². The van der Waals surface area contributed by atoms with E-state index < -0.39 is 0 Å². The van der Waals surface area contributed by atoms with Crippen molar-refractivity contribution in [3.05, 3.63) is 75.8 Å². The second kappa shape index (κ2) is 5.83. The Balaban J connectivity index is 1.71. The van der Waals surface area contributed by atoms with E-state index in [1.807, 2.05) is 0 Å². The minimum Gasteiger partial charge on any atom is -0.378 e. The number of hydrogen-bond acceptors (Lipinski definition) is 1. The van der Waals surface area contributed by atoms with Gasteiger partial charge in [-0.15, -0.1) is 0 Å². The van der Waals surface area contributed by atoms with Gasteiger partial charge in [0, 0.05) is 16.1 Å². The first-order valence-electron chi connectivity index (χ1n) is 8.46. The molecule has 0 fully saturated rings. The Labute approximate surface area is 146 Å². The molecule has 0 saturated heterocycles. The van der Waals surface area contributed by atoms with E-state index in [2.05, 4.69) is 89.7 Å². The fraction of sp³-hybridized carbons (Fsp3) is 0.333. The van der Waals surface area contributed by atoms with Crippen molar-refractivity contribution in [1.82, 2.24) is 0 Å². The Bertz CT molecular complexity index is 745. The van der Waals surface area contributed by atoms with Crippen molar-refractivity contribution in [2.75, 3.05) is 5.32 Å². The highest BCUT2D eigenvalue weighted by Crippen LogP contribution is 2.50. The zero-order chi connectivity index (χ0) is 16.0. The van der Waals surface area contributed by atoms with Crippen LogP contribution in [0.15, 0.2) is 59.1 Å². The summed E-state index contributed by atoms with van der Waals surface area (Å²) in [6.07, 6.45) is 5.90. The van der Waals surface area contributed by atoms with Gasteiger partial charge in [0.15, 0.2) is 0 Å². The normalized spacial score (nSPS) is 25.1. The van der Waals surface area contributed by atoms with Gasteiger partial charge >= 0.3 is 0 Å². The highest BCUT2D eigenvalue weighted by Gasteiger charge is 2.37. The molecule has 118 valence electrons. The molecule has 23 heavy (non-hydrogen) atoms. The van der Waals surface area contributed by atoms with E-state index >= 15 is 0 Å². The highest BCUT2D eigenvalue weighted by molar-refractivity contribution is 9.10. The maximum atomic E-state index is 3.80. The van der Waals surface area contributed by atoms with Crippen LogP contribution in [0.3, 0.4) is 0 Å². The molecular weight excluding hydrogens is 346 g/mol. The Morgan fingerprint density at radius 2 is 1.87 bits per heavy atom. The third-order valence-electron chi connectivity index (χ3n) is 5.29. The average Bonchev–Trinajstić information content (AvgIpc) is 3.04. The van der Waals surface area contributed by atoms with Crippen LogP contribution >= 0.6 is 15.9 Å². The molecule has 1 aliphatic heterocycles. The Morgan fingerprint density at radius 3 is 2.61 bits per heavy atom. The van der Waals surface area contributed by atoms with Crippen molar-refractivity contribution < 1.29 is 0 Å². The molecule has 1 heterocycles. The molecule has 2 heteroatoms. The topological polar surface area (TPSA) is 12.0 Å². The van der Waals surface area contributed by atoms with E-state index in [1.54, 1.807) is 0 Å². The van der Waals surface area contributed by atoms with Crippen LogP contribution < -0.4 is 5.32 Å². The zero-order valence-electron chi connectivity index (χ0n) is 13.6. The molecule has 2 aromatic rings. The van der Waals surface area contributed by atoms with Gasteiger partial charge in [-0.25, -0.2) is 0 Å². The Hall–Kier alpha value is -1.54. The minimum absolute atomic E-state index is 0.393. The molecule has 1 nitrogen and oxygen atoms in total. The predicted molar refractivity (Wildman–Crippen MR) is 101 cm³/mol. The molecule has 2 aromatic carbocycles. The van der Waals surface area contributed by atoms with Crippen molar-refractivity contribution in [3.63, 3.8) is 0 Å². The van der Waals surface area contributed by atoms with E-state index in [9.17, 15) is 0 Å². The van der Waals surface area contributed by atoms with Crippen LogP contribution in [0.25, 0.3) is 0 Å². The fourth-order valence-corrected chi connectivity index (χ4v) is 4.36. The molecule has 0 spiro atoms. The number of halogens is 1. The van der Waals surface area contributed by atoms with E-state index in [0.717, 1.165) is 10.9 Å². The number of allylic oxidation sites excluding steroid dienone is 2. The molecular formula is C21H22BrN. The van der Waals surface area contributed by atoms with E-state index in [1.165, 1.54) is 22.4 Å². The quantitative estimate of drug-likeness (QED) is 0.605. The Kier molecular flexibility index (Phi) is 3.81. The minimum atomic E-state index is 0.393. The first kappa shape index (κ1) is 15.0. The summed E-state index contributed by atoms with van der Waals surface area (Å²) in [6, 6.07) is 16.2. The maximum Gasteiger partial charge on any atom is 0.0553 e. The second-order valence-corrected chi connectivity index (χ2v) is 7.94. The fourth-order valence-electron chi connectivity index (χ4n) is 3.98. The molecule has 0 bridgehead atoms. The van der Waals surface area contributed by atoms with Gasteiger partial charge in [-0.3, -0.25) is 0 Å². The number of benzene rings is 2. The van der Waals surface area contributed by atoms with Crippen LogP contribution in [-0.2, 0) is 0 Å². The van der Waals surface area contributed by atoms with E-state index in [-0.39, 0.29) is 0 Å². The summed E-state index contributed by atoms with van der Waals surface area (Å²) in [5.41, 5.74) is 5.52. The van der Waals surface area contributed by atoms with Crippen LogP contribution in [-0.4, -0.2) is 0 Å². The number of fused-ring (bicyclic) bond motifs is 3. The lowest BCUT2D eigenvalue weighted by Gasteiger charge is -2.37. The van der Waals surface area contributed by atoms with Gasteiger partial charge < -0.3 is 5.32 Å². The molecule has 0 amide bonds. The molecule has 0 saturated carbocycles. The summed E-state index contributed by atoms with van der Waals surface area (Å²) >= 11 is 3.62. The van der Waals surface area contributed by atoms with Gasteiger partial charge in [0.1, 0.15) is 0 Å². The summed E-state index contributed by atoms with van der Waals surface area (Å²) in [7, 11) is 0. The lowest BCUT2D eigenvalue weighted by atomic mass is 9.77. The SMILES string of the molecule is CC(C)c1ccc(C2Nc3ccc(Br)cc3C3C=CCC32)cc1. The molecule has 2 aliphatic rings. The van der Waals surface area contributed by atoms with Crippen molar-refractivity contribution in [2.24, 2.45) is 5.92 Å². The van der Waals surface area contributed by atoms with Crippen LogP contribution in [0.4, 0.5) is 5.69 Å². The molecule has 0 radical (unpaired) electrons. The van der Waals surface area contributed by atoms with Crippen LogP contribution in [0.2, 0.25) is 0 Å². The monoisotopic (exact) mass is 367 g/mol. The number of anilines is 1.